The van der Waals surface area contributed by atoms with Crippen molar-refractivity contribution in [3.05, 3.63) is 72.1 Å². The molecule has 1 amide bonds. The number of rotatable bonds is 8. The zero-order valence-corrected chi connectivity index (χ0v) is 15.5. The number of nitrogens with zero attached hydrogens (tertiary/aromatic N) is 2. The van der Waals surface area contributed by atoms with Crippen molar-refractivity contribution in [2.45, 2.75) is 13.3 Å². The molecule has 1 heterocycles. The molecule has 1 N–H and O–H groups in total. The van der Waals surface area contributed by atoms with E-state index >= 15 is 0 Å². The van der Waals surface area contributed by atoms with Crippen LogP contribution in [0.1, 0.15) is 22.5 Å². The van der Waals surface area contributed by atoms with Gasteiger partial charge in [0.25, 0.3) is 5.91 Å². The van der Waals surface area contributed by atoms with Crippen molar-refractivity contribution >= 4 is 5.91 Å². The van der Waals surface area contributed by atoms with Gasteiger partial charge in [0.1, 0.15) is 5.75 Å². The summed E-state index contributed by atoms with van der Waals surface area (Å²) in [6, 6.07) is 17.5. The Balaban J connectivity index is 1.52. The summed E-state index contributed by atoms with van der Waals surface area (Å²) in [6.07, 6.45) is 2.40. The molecule has 27 heavy (non-hydrogen) atoms. The number of amides is 1. The van der Waals surface area contributed by atoms with Crippen molar-refractivity contribution in [3.8, 4) is 17.2 Å². The Bertz CT molecular complexity index is 891. The van der Waals surface area contributed by atoms with E-state index in [9.17, 15) is 4.79 Å². The van der Waals surface area contributed by atoms with Crippen molar-refractivity contribution in [1.29, 1.82) is 0 Å². The number of para-hydroxylation sites is 1. The lowest BCUT2D eigenvalue weighted by molar-refractivity contribution is 0.0943. The van der Waals surface area contributed by atoms with Crippen molar-refractivity contribution in [2.24, 2.45) is 0 Å². The van der Waals surface area contributed by atoms with Crippen LogP contribution in [0.2, 0.25) is 0 Å². The number of benzene rings is 2. The van der Waals surface area contributed by atoms with Gasteiger partial charge in [-0.25, -0.2) is 4.68 Å². The quantitative estimate of drug-likeness (QED) is 0.622. The van der Waals surface area contributed by atoms with Crippen LogP contribution < -0.4 is 14.8 Å². The van der Waals surface area contributed by atoms with Crippen molar-refractivity contribution in [3.63, 3.8) is 0 Å². The smallest absolute Gasteiger partial charge is 0.275 e. The zero-order valence-electron chi connectivity index (χ0n) is 15.5. The molecule has 3 rings (SSSR count). The number of carbonyl (C=O) groups is 1. The molecule has 0 unspecified atom stereocenters. The first kappa shape index (κ1) is 18.5. The number of aromatic nitrogens is 2. The molecule has 0 saturated carbocycles. The van der Waals surface area contributed by atoms with Crippen LogP contribution >= 0.6 is 0 Å². The van der Waals surface area contributed by atoms with Crippen molar-refractivity contribution in [2.75, 3.05) is 20.3 Å². The maximum Gasteiger partial charge on any atom is 0.275 e. The Morgan fingerprint density at radius 3 is 2.70 bits per heavy atom. The highest BCUT2D eigenvalue weighted by Gasteiger charge is 2.17. The van der Waals surface area contributed by atoms with Gasteiger partial charge in [0.2, 0.25) is 0 Å². The zero-order chi connectivity index (χ0) is 19.1. The molecule has 0 aliphatic heterocycles. The maximum atomic E-state index is 12.4. The number of methoxy groups -OCH3 is 1. The van der Waals surface area contributed by atoms with Gasteiger partial charge in [-0.2, -0.15) is 5.10 Å². The minimum atomic E-state index is -0.267. The highest BCUT2D eigenvalue weighted by atomic mass is 16.5. The molecular weight excluding hydrogens is 342 g/mol. The molecule has 0 radical (unpaired) electrons. The molecule has 0 spiro atoms. The molecule has 1 aromatic heterocycles. The first-order valence-electron chi connectivity index (χ1n) is 8.84. The number of hydrogen-bond acceptors (Lipinski definition) is 4. The minimum absolute atomic E-state index is 0.265. The normalized spacial score (nSPS) is 10.4. The highest BCUT2D eigenvalue weighted by Crippen LogP contribution is 2.19. The fraction of sp³-hybridized carbons (Fsp3) is 0.238. The van der Waals surface area contributed by atoms with Gasteiger partial charge in [-0.05, 0) is 43.2 Å². The fourth-order valence-corrected chi connectivity index (χ4v) is 2.63. The Labute approximate surface area is 158 Å². The second-order valence-corrected chi connectivity index (χ2v) is 6.10. The Morgan fingerprint density at radius 1 is 1.15 bits per heavy atom. The molecule has 0 saturated heterocycles. The van der Waals surface area contributed by atoms with Crippen LogP contribution in [0, 0.1) is 6.92 Å². The lowest BCUT2D eigenvalue weighted by Gasteiger charge is -2.07. The van der Waals surface area contributed by atoms with E-state index in [-0.39, 0.29) is 11.6 Å². The summed E-state index contributed by atoms with van der Waals surface area (Å²) in [5.74, 6) is 1.01. The second kappa shape index (κ2) is 8.89. The van der Waals surface area contributed by atoms with Gasteiger partial charge in [0.15, 0.2) is 11.4 Å². The first-order chi connectivity index (χ1) is 13.2. The van der Waals surface area contributed by atoms with Crippen molar-refractivity contribution in [1.82, 2.24) is 15.1 Å². The van der Waals surface area contributed by atoms with Crippen LogP contribution in [0.25, 0.3) is 5.69 Å². The highest BCUT2D eigenvalue weighted by molar-refractivity contribution is 5.94. The molecule has 2 aromatic carbocycles. The molecular formula is C21H23N3O3. The van der Waals surface area contributed by atoms with Gasteiger partial charge >= 0.3 is 0 Å². The average Bonchev–Trinajstić information content (AvgIpc) is 3.13. The van der Waals surface area contributed by atoms with Gasteiger partial charge in [0.05, 0.1) is 25.6 Å². The van der Waals surface area contributed by atoms with Gasteiger partial charge < -0.3 is 14.8 Å². The van der Waals surface area contributed by atoms with Gasteiger partial charge in [0, 0.05) is 6.54 Å². The Hall–Kier alpha value is -3.28. The van der Waals surface area contributed by atoms with Crippen LogP contribution in [0.15, 0.2) is 60.8 Å². The predicted octanol–water partition coefficient (Wildman–Crippen LogP) is 3.39. The van der Waals surface area contributed by atoms with Crippen LogP contribution in [0.5, 0.6) is 11.5 Å². The molecule has 140 valence electrons. The minimum Gasteiger partial charge on any atom is -0.494 e. The molecule has 6 nitrogen and oxygen atoms in total. The summed E-state index contributed by atoms with van der Waals surface area (Å²) in [4.78, 5) is 12.4. The Morgan fingerprint density at radius 2 is 1.96 bits per heavy atom. The molecule has 0 aliphatic rings. The van der Waals surface area contributed by atoms with E-state index in [1.165, 1.54) is 7.11 Å². The molecule has 0 fully saturated rings. The number of hydrogen-bond donors (Lipinski definition) is 1. The molecule has 0 aliphatic carbocycles. The summed E-state index contributed by atoms with van der Waals surface area (Å²) in [5.41, 5.74) is 2.28. The Kier molecular flexibility index (Phi) is 6.10. The van der Waals surface area contributed by atoms with E-state index in [0.717, 1.165) is 17.0 Å². The van der Waals surface area contributed by atoms with Gasteiger partial charge in [-0.3, -0.25) is 4.79 Å². The van der Waals surface area contributed by atoms with E-state index in [0.29, 0.717) is 25.3 Å². The summed E-state index contributed by atoms with van der Waals surface area (Å²) in [5, 5.41) is 7.22. The van der Waals surface area contributed by atoms with E-state index in [1.807, 2.05) is 61.5 Å². The predicted molar refractivity (Wildman–Crippen MR) is 104 cm³/mol. The summed E-state index contributed by atoms with van der Waals surface area (Å²) in [6.45, 7) is 3.04. The average molecular weight is 365 g/mol. The van der Waals surface area contributed by atoms with Gasteiger partial charge in [-0.15, -0.1) is 0 Å². The van der Waals surface area contributed by atoms with Crippen LogP contribution in [-0.2, 0) is 0 Å². The summed E-state index contributed by atoms with van der Waals surface area (Å²) >= 11 is 0. The third-order valence-electron chi connectivity index (χ3n) is 4.00. The van der Waals surface area contributed by atoms with Gasteiger partial charge in [-0.1, -0.05) is 30.3 Å². The number of nitrogens with one attached hydrogen (secondary N) is 1. The number of ether oxygens (including phenoxy) is 2. The molecule has 6 heteroatoms. The third-order valence-corrected chi connectivity index (χ3v) is 4.00. The molecule has 0 atom stereocenters. The van der Waals surface area contributed by atoms with Crippen LogP contribution in [0.3, 0.4) is 0 Å². The number of aryl methyl sites for hydroxylation is 1. The lowest BCUT2D eigenvalue weighted by atomic mass is 10.2. The molecule has 3 aromatic rings. The third kappa shape index (κ3) is 4.88. The topological polar surface area (TPSA) is 65.4 Å². The van der Waals surface area contributed by atoms with E-state index in [1.54, 1.807) is 10.9 Å². The standard InChI is InChI=1S/C21H23N3O3/c1-16-8-6-11-18(14-16)27-13-7-12-22-21(25)20-19(26-2)15-24(23-20)17-9-4-3-5-10-17/h3-6,8-11,14-15H,7,12-13H2,1-2H3,(H,22,25). The van der Waals surface area contributed by atoms with E-state index < -0.39 is 0 Å². The maximum absolute atomic E-state index is 12.4. The number of carbonyl (C=O) groups excluding carboxylic acids is 1. The largest absolute Gasteiger partial charge is 0.494 e. The van der Waals surface area contributed by atoms with Crippen molar-refractivity contribution < 1.29 is 14.3 Å². The van der Waals surface area contributed by atoms with Crippen LogP contribution in [0.4, 0.5) is 0 Å². The van der Waals surface area contributed by atoms with E-state index in [4.69, 9.17) is 9.47 Å². The van der Waals surface area contributed by atoms with E-state index in [2.05, 4.69) is 10.4 Å². The fourth-order valence-electron chi connectivity index (χ4n) is 2.63. The van der Waals surface area contributed by atoms with Crippen LogP contribution in [-0.4, -0.2) is 35.9 Å². The second-order valence-electron chi connectivity index (χ2n) is 6.10. The lowest BCUT2D eigenvalue weighted by Crippen LogP contribution is -2.26. The SMILES string of the molecule is COc1cn(-c2ccccc2)nc1C(=O)NCCCOc1cccc(C)c1. The summed E-state index contributed by atoms with van der Waals surface area (Å²) in [7, 11) is 1.53. The first-order valence-corrected chi connectivity index (χ1v) is 8.84. The molecule has 0 bridgehead atoms. The monoisotopic (exact) mass is 365 g/mol. The summed E-state index contributed by atoms with van der Waals surface area (Å²) < 4.78 is 12.6.